The zero-order valence-corrected chi connectivity index (χ0v) is 14.7. The second kappa shape index (κ2) is 7.81. The number of imide groups is 1. The highest BCUT2D eigenvalue weighted by Crippen LogP contribution is 2.37. The van der Waals surface area contributed by atoms with Crippen molar-refractivity contribution in [3.8, 4) is 0 Å². The van der Waals surface area contributed by atoms with Crippen LogP contribution in [0.1, 0.15) is 44.6 Å². The molecule has 3 amide bonds. The van der Waals surface area contributed by atoms with Crippen molar-refractivity contribution in [2.75, 3.05) is 6.54 Å². The Morgan fingerprint density at radius 2 is 1.72 bits per heavy atom. The number of carbonyl (C=O) groups is 3. The fraction of sp³-hybridized carbons (Fsp3) is 0.550. The van der Waals surface area contributed by atoms with Gasteiger partial charge in [0, 0.05) is 6.04 Å². The van der Waals surface area contributed by atoms with Crippen LogP contribution in [0.25, 0.3) is 0 Å². The Kier molecular flexibility index (Phi) is 5.51. The van der Waals surface area contributed by atoms with Crippen LogP contribution in [-0.4, -0.2) is 35.2 Å². The summed E-state index contributed by atoms with van der Waals surface area (Å²) in [5, 5.41) is 2.91. The largest absolute Gasteiger partial charge is 0.352 e. The molecule has 0 aromatic heterocycles. The molecular formula is C20H26N2O3. The van der Waals surface area contributed by atoms with Crippen molar-refractivity contribution in [3.63, 3.8) is 0 Å². The monoisotopic (exact) mass is 342 g/mol. The summed E-state index contributed by atoms with van der Waals surface area (Å²) >= 11 is 0. The first kappa shape index (κ1) is 17.6. The second-order valence-corrected chi connectivity index (χ2v) is 7.25. The van der Waals surface area contributed by atoms with Crippen molar-refractivity contribution in [3.05, 3.63) is 35.9 Å². The number of hydrogen-bond donors (Lipinski definition) is 1. The summed E-state index contributed by atoms with van der Waals surface area (Å²) in [4.78, 5) is 38.3. The van der Waals surface area contributed by atoms with Crippen LogP contribution in [0.4, 0.5) is 0 Å². The topological polar surface area (TPSA) is 66.5 Å². The standard InChI is InChI=1S/C20H26N2O3/c1-14(11-12-15-7-3-2-4-8-15)21-18(23)13-22-19(24)16-9-5-6-10-17(16)20(22)25/h2-4,7-8,14,16-17H,5-6,9-13H2,1H3,(H,21,23)/t14-,16-,17+/m1/s1. The highest BCUT2D eigenvalue weighted by molar-refractivity contribution is 6.07. The van der Waals surface area contributed by atoms with E-state index < -0.39 is 0 Å². The van der Waals surface area contributed by atoms with Crippen molar-refractivity contribution >= 4 is 17.7 Å². The van der Waals surface area contributed by atoms with Gasteiger partial charge in [-0.1, -0.05) is 43.2 Å². The average Bonchev–Trinajstić information content (AvgIpc) is 2.86. The van der Waals surface area contributed by atoms with E-state index in [0.717, 1.165) is 38.5 Å². The van der Waals surface area contributed by atoms with E-state index in [-0.39, 0.29) is 42.1 Å². The molecule has 5 heteroatoms. The van der Waals surface area contributed by atoms with Gasteiger partial charge in [0.25, 0.3) is 0 Å². The number of carbonyl (C=O) groups excluding carboxylic acids is 3. The summed E-state index contributed by atoms with van der Waals surface area (Å²) in [6, 6.07) is 10.1. The molecule has 25 heavy (non-hydrogen) atoms. The van der Waals surface area contributed by atoms with Crippen LogP contribution in [0.2, 0.25) is 0 Å². The minimum Gasteiger partial charge on any atom is -0.352 e. The van der Waals surface area contributed by atoms with Crippen molar-refractivity contribution in [1.29, 1.82) is 0 Å². The summed E-state index contributed by atoms with van der Waals surface area (Å²) in [5.41, 5.74) is 1.23. The van der Waals surface area contributed by atoms with Crippen molar-refractivity contribution in [1.82, 2.24) is 10.2 Å². The van der Waals surface area contributed by atoms with Gasteiger partial charge in [0.05, 0.1) is 11.8 Å². The van der Waals surface area contributed by atoms with Gasteiger partial charge < -0.3 is 5.32 Å². The Labute approximate surface area is 148 Å². The van der Waals surface area contributed by atoms with E-state index >= 15 is 0 Å². The first-order valence-electron chi connectivity index (χ1n) is 9.25. The van der Waals surface area contributed by atoms with Crippen LogP contribution in [0.15, 0.2) is 30.3 Å². The minimum absolute atomic E-state index is 0.00258. The first-order chi connectivity index (χ1) is 12.1. The Morgan fingerprint density at radius 1 is 1.12 bits per heavy atom. The summed E-state index contributed by atoms with van der Waals surface area (Å²) in [7, 11) is 0. The number of nitrogens with one attached hydrogen (secondary N) is 1. The molecule has 1 aliphatic heterocycles. The number of likely N-dealkylation sites (tertiary alicyclic amines) is 1. The van der Waals surface area contributed by atoms with E-state index in [1.54, 1.807) is 0 Å². The highest BCUT2D eigenvalue weighted by atomic mass is 16.2. The van der Waals surface area contributed by atoms with E-state index in [2.05, 4.69) is 17.4 Å². The Bertz CT molecular complexity index is 620. The van der Waals surface area contributed by atoms with Gasteiger partial charge in [-0.3, -0.25) is 19.3 Å². The van der Waals surface area contributed by atoms with E-state index in [9.17, 15) is 14.4 Å². The molecule has 2 fully saturated rings. The highest BCUT2D eigenvalue weighted by Gasteiger charge is 2.48. The van der Waals surface area contributed by atoms with Gasteiger partial charge in [0.15, 0.2) is 0 Å². The smallest absolute Gasteiger partial charge is 0.240 e. The summed E-state index contributed by atoms with van der Waals surface area (Å²) < 4.78 is 0. The summed E-state index contributed by atoms with van der Waals surface area (Å²) in [6.45, 7) is 1.81. The first-order valence-corrected chi connectivity index (χ1v) is 9.25. The fourth-order valence-electron chi connectivity index (χ4n) is 3.95. The van der Waals surface area contributed by atoms with E-state index in [1.807, 2.05) is 25.1 Å². The van der Waals surface area contributed by atoms with E-state index in [0.29, 0.717) is 0 Å². The minimum atomic E-state index is -0.249. The van der Waals surface area contributed by atoms with E-state index in [4.69, 9.17) is 0 Å². The van der Waals surface area contributed by atoms with Crippen molar-refractivity contribution in [2.45, 2.75) is 51.5 Å². The number of amides is 3. The molecular weight excluding hydrogens is 316 g/mol. The third-order valence-electron chi connectivity index (χ3n) is 5.35. The van der Waals surface area contributed by atoms with Gasteiger partial charge in [-0.25, -0.2) is 0 Å². The molecule has 3 rings (SSSR count). The molecule has 1 aromatic carbocycles. The molecule has 1 aliphatic carbocycles. The van der Waals surface area contributed by atoms with Gasteiger partial charge in [-0.15, -0.1) is 0 Å². The molecule has 134 valence electrons. The quantitative estimate of drug-likeness (QED) is 0.807. The molecule has 1 aromatic rings. The van der Waals surface area contributed by atoms with Gasteiger partial charge in [0.1, 0.15) is 6.54 Å². The zero-order chi connectivity index (χ0) is 17.8. The number of fused-ring (bicyclic) bond motifs is 1. The molecule has 0 radical (unpaired) electrons. The molecule has 1 heterocycles. The predicted octanol–water partition coefficient (Wildman–Crippen LogP) is 2.30. The van der Waals surface area contributed by atoms with Crippen molar-refractivity contribution < 1.29 is 14.4 Å². The maximum atomic E-state index is 12.4. The number of hydrogen-bond acceptors (Lipinski definition) is 3. The second-order valence-electron chi connectivity index (χ2n) is 7.25. The van der Waals surface area contributed by atoms with Crippen LogP contribution in [0, 0.1) is 11.8 Å². The Morgan fingerprint density at radius 3 is 2.32 bits per heavy atom. The molecule has 5 nitrogen and oxygen atoms in total. The zero-order valence-electron chi connectivity index (χ0n) is 14.7. The van der Waals surface area contributed by atoms with Crippen LogP contribution in [-0.2, 0) is 20.8 Å². The van der Waals surface area contributed by atoms with Crippen LogP contribution < -0.4 is 5.32 Å². The van der Waals surface area contributed by atoms with E-state index in [1.165, 1.54) is 10.5 Å². The molecule has 1 saturated heterocycles. The maximum Gasteiger partial charge on any atom is 0.240 e. The SMILES string of the molecule is C[C@H](CCc1ccccc1)NC(=O)CN1C(=O)[C@H]2CCCC[C@H]2C1=O. The lowest BCUT2D eigenvalue weighted by atomic mass is 9.81. The molecule has 1 saturated carbocycles. The van der Waals surface area contributed by atoms with Crippen molar-refractivity contribution in [2.24, 2.45) is 11.8 Å². The molecule has 2 aliphatic rings. The third-order valence-corrected chi connectivity index (χ3v) is 5.35. The third kappa shape index (κ3) is 4.09. The molecule has 0 bridgehead atoms. The predicted molar refractivity (Wildman–Crippen MR) is 94.5 cm³/mol. The fourth-order valence-corrected chi connectivity index (χ4v) is 3.95. The van der Waals surface area contributed by atoms with Gasteiger partial charge in [-0.05, 0) is 38.2 Å². The molecule has 0 spiro atoms. The molecule has 0 unspecified atom stereocenters. The van der Waals surface area contributed by atoms with Gasteiger partial charge in [-0.2, -0.15) is 0 Å². The number of rotatable bonds is 6. The van der Waals surface area contributed by atoms with Gasteiger partial charge in [0.2, 0.25) is 17.7 Å². The van der Waals surface area contributed by atoms with Crippen LogP contribution >= 0.6 is 0 Å². The normalized spacial score (nSPS) is 24.1. The molecule has 1 N–H and O–H groups in total. The maximum absolute atomic E-state index is 12.4. The number of aryl methyl sites for hydroxylation is 1. The lowest BCUT2D eigenvalue weighted by Gasteiger charge is -2.19. The number of benzene rings is 1. The van der Waals surface area contributed by atoms with Gasteiger partial charge >= 0.3 is 0 Å². The average molecular weight is 342 g/mol. The number of nitrogens with zero attached hydrogens (tertiary/aromatic N) is 1. The lowest BCUT2D eigenvalue weighted by Crippen LogP contribution is -2.43. The Hall–Kier alpha value is -2.17. The van der Waals surface area contributed by atoms with Crippen LogP contribution in [0.3, 0.4) is 0 Å². The Balaban J connectivity index is 1.48. The van der Waals surface area contributed by atoms with Crippen LogP contribution in [0.5, 0.6) is 0 Å². The lowest BCUT2D eigenvalue weighted by molar-refractivity contribution is -0.143. The summed E-state index contributed by atoms with van der Waals surface area (Å²) in [5.74, 6) is -0.932. The molecule has 3 atom stereocenters. The summed E-state index contributed by atoms with van der Waals surface area (Å²) in [6.07, 6.45) is 5.26.